The highest BCUT2D eigenvalue weighted by molar-refractivity contribution is 5.86. The van der Waals surface area contributed by atoms with E-state index in [9.17, 15) is 0 Å². The second kappa shape index (κ2) is 16.2. The summed E-state index contributed by atoms with van der Waals surface area (Å²) in [6.45, 7) is 4.69. The van der Waals surface area contributed by atoms with Crippen LogP contribution in [0.1, 0.15) is 36.1 Å². The number of fused-ring (bicyclic) bond motifs is 3. The number of anilines is 6. The maximum absolute atomic E-state index is 2.40. The smallest absolute Gasteiger partial charge is 0.0465 e. The number of nitrogens with zero attached hydrogens (tertiary/aromatic N) is 2. The summed E-state index contributed by atoms with van der Waals surface area (Å²) in [7, 11) is 0. The molecule has 2 nitrogen and oxygen atoms in total. The van der Waals surface area contributed by atoms with E-state index < -0.39 is 0 Å². The third-order valence-corrected chi connectivity index (χ3v) is 12.1. The molecular weight excluding hydrogens is 737 g/mol. The zero-order valence-corrected chi connectivity index (χ0v) is 34.5. The number of rotatable bonds is 10. The summed E-state index contributed by atoms with van der Waals surface area (Å²) < 4.78 is 0. The molecule has 10 rings (SSSR count). The molecule has 0 bridgehead atoms. The molecule has 1 aliphatic rings. The quantitative estimate of drug-likeness (QED) is 0.128. The molecule has 0 unspecified atom stereocenters. The van der Waals surface area contributed by atoms with Gasteiger partial charge in [0.15, 0.2) is 0 Å². The molecular formula is C59H46N2. The summed E-state index contributed by atoms with van der Waals surface area (Å²) >= 11 is 0. The van der Waals surface area contributed by atoms with Gasteiger partial charge in [-0.15, -0.1) is 0 Å². The fourth-order valence-corrected chi connectivity index (χ4v) is 8.83. The molecule has 61 heavy (non-hydrogen) atoms. The molecule has 0 spiro atoms. The van der Waals surface area contributed by atoms with Crippen LogP contribution in [-0.4, -0.2) is 0 Å². The van der Waals surface area contributed by atoms with Crippen LogP contribution >= 0.6 is 0 Å². The Bertz CT molecular complexity index is 2890. The van der Waals surface area contributed by atoms with Crippen LogP contribution in [-0.2, 0) is 5.41 Å². The molecule has 2 heteroatoms. The molecule has 0 atom stereocenters. The predicted molar refractivity (Wildman–Crippen MR) is 260 cm³/mol. The third kappa shape index (κ3) is 7.45. The van der Waals surface area contributed by atoms with Gasteiger partial charge in [-0.1, -0.05) is 184 Å². The zero-order chi connectivity index (χ0) is 41.2. The van der Waals surface area contributed by atoms with E-state index in [0.29, 0.717) is 0 Å². The summed E-state index contributed by atoms with van der Waals surface area (Å²) in [4.78, 5) is 4.67. The number of hydrogen-bond acceptors (Lipinski definition) is 2. The SMILES string of the molecule is CC1(C)c2ccccc2-c2ccc(N(c3ccc(/C=C/c4ccc(-c5ccc(N(c6ccccc6)c6ccccc6)cc5)cc4)cc3)c3ccc(-c4ccccc4)cc3)cc21. The van der Waals surface area contributed by atoms with Crippen LogP contribution in [0, 0.1) is 0 Å². The minimum Gasteiger partial charge on any atom is -0.311 e. The molecule has 0 amide bonds. The van der Waals surface area contributed by atoms with Crippen LogP contribution in [0.2, 0.25) is 0 Å². The summed E-state index contributed by atoms with van der Waals surface area (Å²) in [5.74, 6) is 0. The summed E-state index contributed by atoms with van der Waals surface area (Å²) in [6.07, 6.45) is 4.39. The lowest BCUT2D eigenvalue weighted by atomic mass is 9.82. The van der Waals surface area contributed by atoms with Gasteiger partial charge in [-0.25, -0.2) is 0 Å². The van der Waals surface area contributed by atoms with Crippen molar-refractivity contribution >= 4 is 46.3 Å². The Morgan fingerprint density at radius 2 is 0.639 bits per heavy atom. The highest BCUT2D eigenvalue weighted by atomic mass is 15.1. The average molecular weight is 783 g/mol. The van der Waals surface area contributed by atoms with Crippen molar-refractivity contribution < 1.29 is 0 Å². The van der Waals surface area contributed by atoms with Gasteiger partial charge in [-0.2, -0.15) is 0 Å². The lowest BCUT2D eigenvalue weighted by Crippen LogP contribution is -2.16. The average Bonchev–Trinajstić information content (AvgIpc) is 3.55. The van der Waals surface area contributed by atoms with Crippen LogP contribution in [0.3, 0.4) is 0 Å². The van der Waals surface area contributed by atoms with Crippen molar-refractivity contribution in [2.75, 3.05) is 9.80 Å². The molecule has 9 aromatic carbocycles. The van der Waals surface area contributed by atoms with Crippen molar-refractivity contribution in [2.45, 2.75) is 19.3 Å². The van der Waals surface area contributed by atoms with Crippen LogP contribution in [0.15, 0.2) is 231 Å². The molecule has 292 valence electrons. The topological polar surface area (TPSA) is 6.48 Å². The maximum atomic E-state index is 2.40. The standard InChI is InChI=1S/C59H46N2/c1-59(2)57-21-13-12-20-55(57)56-41-40-54(42-58(56)59)61(53-38-30-47(31-39-53)45-14-6-3-7-15-45)51-34-26-44(27-35-51)23-22-43-24-28-46(29-25-43)48-32-36-52(37-33-48)60(49-16-8-4-9-17-49)50-18-10-5-11-19-50/h3-42H,1-2H3/b23-22+. The van der Waals surface area contributed by atoms with Crippen molar-refractivity contribution in [1.29, 1.82) is 0 Å². The minimum absolute atomic E-state index is 0.0880. The second-order valence-electron chi connectivity index (χ2n) is 16.2. The second-order valence-corrected chi connectivity index (χ2v) is 16.2. The molecule has 0 aromatic heterocycles. The fraction of sp³-hybridized carbons (Fsp3) is 0.0508. The molecule has 0 radical (unpaired) electrons. The molecule has 0 saturated carbocycles. The van der Waals surface area contributed by atoms with Crippen molar-refractivity contribution in [3.63, 3.8) is 0 Å². The Balaban J connectivity index is 0.897. The van der Waals surface area contributed by atoms with E-state index in [0.717, 1.165) is 45.3 Å². The Morgan fingerprint density at radius 1 is 0.295 bits per heavy atom. The first-order valence-corrected chi connectivity index (χ1v) is 21.1. The Labute approximate surface area is 360 Å². The van der Waals surface area contributed by atoms with Crippen LogP contribution in [0.5, 0.6) is 0 Å². The van der Waals surface area contributed by atoms with Gasteiger partial charge in [0.05, 0.1) is 0 Å². The van der Waals surface area contributed by atoms with E-state index in [4.69, 9.17) is 0 Å². The molecule has 9 aromatic rings. The summed E-state index contributed by atoms with van der Waals surface area (Å²) in [6, 6.07) is 83.0. The Kier molecular flexibility index (Phi) is 9.96. The van der Waals surface area contributed by atoms with E-state index in [-0.39, 0.29) is 5.41 Å². The van der Waals surface area contributed by atoms with Crippen LogP contribution in [0.25, 0.3) is 45.5 Å². The van der Waals surface area contributed by atoms with Gasteiger partial charge in [0.25, 0.3) is 0 Å². The maximum Gasteiger partial charge on any atom is 0.0465 e. The van der Waals surface area contributed by atoms with E-state index in [1.165, 1.54) is 44.5 Å². The first kappa shape index (κ1) is 37.6. The van der Waals surface area contributed by atoms with Gasteiger partial charge in [-0.3, -0.25) is 0 Å². The molecule has 0 saturated heterocycles. The summed E-state index contributed by atoms with van der Waals surface area (Å²) in [5.41, 5.74) is 19.2. The lowest BCUT2D eigenvalue weighted by molar-refractivity contribution is 0.660. The van der Waals surface area contributed by atoms with Crippen molar-refractivity contribution in [2.24, 2.45) is 0 Å². The minimum atomic E-state index is -0.0880. The monoisotopic (exact) mass is 782 g/mol. The molecule has 0 N–H and O–H groups in total. The third-order valence-electron chi connectivity index (χ3n) is 12.1. The predicted octanol–water partition coefficient (Wildman–Crippen LogP) is 16.4. The summed E-state index contributed by atoms with van der Waals surface area (Å²) in [5, 5.41) is 0. The lowest BCUT2D eigenvalue weighted by Gasteiger charge is -2.28. The van der Waals surface area contributed by atoms with Gasteiger partial charge in [-0.05, 0) is 128 Å². The van der Waals surface area contributed by atoms with Gasteiger partial charge in [0, 0.05) is 39.5 Å². The van der Waals surface area contributed by atoms with Gasteiger partial charge in [0.2, 0.25) is 0 Å². The van der Waals surface area contributed by atoms with E-state index in [1.807, 2.05) is 0 Å². The number of para-hydroxylation sites is 2. The number of benzene rings is 9. The van der Waals surface area contributed by atoms with E-state index in [2.05, 4.69) is 266 Å². The first-order valence-electron chi connectivity index (χ1n) is 21.1. The normalized spacial score (nSPS) is 12.5. The highest BCUT2D eigenvalue weighted by Gasteiger charge is 2.35. The Hall–Kier alpha value is -7.68. The fourth-order valence-electron chi connectivity index (χ4n) is 8.83. The molecule has 0 heterocycles. The van der Waals surface area contributed by atoms with Crippen LogP contribution < -0.4 is 9.80 Å². The van der Waals surface area contributed by atoms with E-state index >= 15 is 0 Å². The molecule has 0 aliphatic heterocycles. The largest absolute Gasteiger partial charge is 0.311 e. The van der Waals surface area contributed by atoms with Crippen molar-refractivity contribution in [1.82, 2.24) is 0 Å². The highest BCUT2D eigenvalue weighted by Crippen LogP contribution is 2.50. The van der Waals surface area contributed by atoms with Gasteiger partial charge < -0.3 is 9.80 Å². The number of hydrogen-bond donors (Lipinski definition) is 0. The molecule has 1 aliphatic carbocycles. The van der Waals surface area contributed by atoms with Crippen molar-refractivity contribution in [3.05, 3.63) is 253 Å². The molecule has 0 fully saturated rings. The van der Waals surface area contributed by atoms with Gasteiger partial charge >= 0.3 is 0 Å². The van der Waals surface area contributed by atoms with E-state index in [1.54, 1.807) is 0 Å². The van der Waals surface area contributed by atoms with Crippen LogP contribution in [0.4, 0.5) is 34.1 Å². The zero-order valence-electron chi connectivity index (χ0n) is 34.5. The van der Waals surface area contributed by atoms with Crippen molar-refractivity contribution in [3.8, 4) is 33.4 Å². The first-order chi connectivity index (χ1) is 30.0. The van der Waals surface area contributed by atoms with Gasteiger partial charge in [0.1, 0.15) is 0 Å². The Morgan fingerprint density at radius 3 is 1.16 bits per heavy atom.